The summed E-state index contributed by atoms with van der Waals surface area (Å²) in [6.45, 7) is 5.56. The number of pyridine rings is 1. The summed E-state index contributed by atoms with van der Waals surface area (Å²) >= 11 is 0. The van der Waals surface area contributed by atoms with Crippen molar-refractivity contribution in [2.45, 2.75) is 26.3 Å². The number of aromatic nitrogens is 1. The lowest BCUT2D eigenvalue weighted by molar-refractivity contribution is 0.0690. The minimum absolute atomic E-state index is 0.0442. The first kappa shape index (κ1) is 16.1. The van der Waals surface area contributed by atoms with Crippen molar-refractivity contribution in [3.8, 4) is 0 Å². The van der Waals surface area contributed by atoms with Crippen LogP contribution >= 0.6 is 0 Å². The molecule has 1 amide bonds. The maximum Gasteiger partial charge on any atom is 0.338 e. The second-order valence-electron chi connectivity index (χ2n) is 4.89. The van der Waals surface area contributed by atoms with Crippen LogP contribution in [0.3, 0.4) is 0 Å². The molecule has 0 aromatic carbocycles. The molecule has 1 rings (SSSR count). The van der Waals surface area contributed by atoms with Crippen molar-refractivity contribution in [2.24, 2.45) is 0 Å². The molecule has 0 saturated heterocycles. The summed E-state index contributed by atoms with van der Waals surface area (Å²) in [5, 5.41) is 11.7. The molecule has 0 fully saturated rings. The van der Waals surface area contributed by atoms with Gasteiger partial charge in [-0.25, -0.2) is 4.79 Å². The molecule has 2 N–H and O–H groups in total. The topological polar surface area (TPSA) is 82.5 Å². The molecule has 0 atom stereocenters. The van der Waals surface area contributed by atoms with E-state index in [1.165, 1.54) is 18.3 Å². The zero-order valence-electron chi connectivity index (χ0n) is 12.1. The SMILES string of the molecule is CC(C)N(C)CCCNC(=O)c1ncccc1C(=O)O. The van der Waals surface area contributed by atoms with Gasteiger partial charge in [-0.15, -0.1) is 0 Å². The first-order valence-corrected chi connectivity index (χ1v) is 6.60. The number of nitrogens with zero attached hydrogens (tertiary/aromatic N) is 2. The summed E-state index contributed by atoms with van der Waals surface area (Å²) in [4.78, 5) is 28.9. The van der Waals surface area contributed by atoms with Crippen LogP contribution < -0.4 is 5.32 Å². The van der Waals surface area contributed by atoms with E-state index in [-0.39, 0.29) is 11.3 Å². The molecular weight excluding hydrogens is 258 g/mol. The van der Waals surface area contributed by atoms with Crippen LogP contribution in [0.2, 0.25) is 0 Å². The number of nitrogens with one attached hydrogen (secondary N) is 1. The molecule has 1 aromatic heterocycles. The highest BCUT2D eigenvalue weighted by molar-refractivity contribution is 6.03. The lowest BCUT2D eigenvalue weighted by atomic mass is 10.2. The number of carbonyl (C=O) groups is 2. The molecule has 0 saturated carbocycles. The standard InChI is InChI=1S/C14H21N3O3/c1-10(2)17(3)9-5-8-16-13(18)12-11(14(19)20)6-4-7-15-12/h4,6-7,10H,5,8-9H2,1-3H3,(H,16,18)(H,19,20). The van der Waals surface area contributed by atoms with Gasteiger partial charge in [0.2, 0.25) is 0 Å². The first-order valence-electron chi connectivity index (χ1n) is 6.60. The third-order valence-electron chi connectivity index (χ3n) is 3.11. The fourth-order valence-electron chi connectivity index (χ4n) is 1.63. The molecule has 6 nitrogen and oxygen atoms in total. The van der Waals surface area contributed by atoms with E-state index in [9.17, 15) is 9.59 Å². The Kier molecular flexibility index (Phi) is 6.11. The summed E-state index contributed by atoms with van der Waals surface area (Å²) in [7, 11) is 2.02. The minimum Gasteiger partial charge on any atom is -0.478 e. The molecule has 20 heavy (non-hydrogen) atoms. The second kappa shape index (κ2) is 7.59. The van der Waals surface area contributed by atoms with Gasteiger partial charge in [-0.05, 0) is 46.0 Å². The molecule has 0 spiro atoms. The average Bonchev–Trinajstić information content (AvgIpc) is 2.42. The van der Waals surface area contributed by atoms with E-state index in [0.29, 0.717) is 12.6 Å². The quantitative estimate of drug-likeness (QED) is 0.734. The smallest absolute Gasteiger partial charge is 0.338 e. The fourth-order valence-corrected chi connectivity index (χ4v) is 1.63. The van der Waals surface area contributed by atoms with Crippen LogP contribution in [0.5, 0.6) is 0 Å². The van der Waals surface area contributed by atoms with E-state index in [1.54, 1.807) is 0 Å². The van der Waals surface area contributed by atoms with E-state index < -0.39 is 11.9 Å². The number of carboxylic acid groups (broad SMARTS) is 1. The Hall–Kier alpha value is -1.95. The van der Waals surface area contributed by atoms with Crippen molar-refractivity contribution in [1.82, 2.24) is 15.2 Å². The van der Waals surface area contributed by atoms with Crippen molar-refractivity contribution in [3.05, 3.63) is 29.6 Å². The molecule has 0 radical (unpaired) electrons. The van der Waals surface area contributed by atoms with E-state index in [1.807, 2.05) is 7.05 Å². The number of hydrogen-bond acceptors (Lipinski definition) is 4. The molecule has 1 aromatic rings. The number of amides is 1. The highest BCUT2D eigenvalue weighted by Crippen LogP contribution is 2.05. The van der Waals surface area contributed by atoms with Crippen molar-refractivity contribution < 1.29 is 14.7 Å². The van der Waals surface area contributed by atoms with Gasteiger partial charge in [0.25, 0.3) is 5.91 Å². The predicted molar refractivity (Wildman–Crippen MR) is 75.9 cm³/mol. The van der Waals surface area contributed by atoms with E-state index in [4.69, 9.17) is 5.11 Å². The summed E-state index contributed by atoms with van der Waals surface area (Å²) in [6.07, 6.45) is 2.21. The van der Waals surface area contributed by atoms with Gasteiger partial charge in [0.1, 0.15) is 5.69 Å². The maximum atomic E-state index is 11.9. The Balaban J connectivity index is 2.50. The van der Waals surface area contributed by atoms with Gasteiger partial charge in [0, 0.05) is 18.8 Å². The molecule has 0 bridgehead atoms. The summed E-state index contributed by atoms with van der Waals surface area (Å²) in [5.41, 5.74) is -0.124. The van der Waals surface area contributed by atoms with Crippen LogP contribution in [0, 0.1) is 0 Å². The van der Waals surface area contributed by atoms with Crippen LogP contribution in [-0.2, 0) is 0 Å². The molecule has 0 aliphatic carbocycles. The lowest BCUT2D eigenvalue weighted by Gasteiger charge is -2.20. The number of carboxylic acids is 1. The zero-order valence-corrected chi connectivity index (χ0v) is 12.1. The van der Waals surface area contributed by atoms with E-state index in [0.717, 1.165) is 13.0 Å². The van der Waals surface area contributed by atoms with Crippen molar-refractivity contribution in [2.75, 3.05) is 20.1 Å². The molecule has 6 heteroatoms. The molecule has 1 heterocycles. The third-order valence-corrected chi connectivity index (χ3v) is 3.11. The number of rotatable bonds is 7. The van der Waals surface area contributed by atoms with Crippen molar-refractivity contribution in [1.29, 1.82) is 0 Å². The maximum absolute atomic E-state index is 11.9. The predicted octanol–water partition coefficient (Wildman–Crippen LogP) is 1.24. The highest BCUT2D eigenvalue weighted by Gasteiger charge is 2.16. The van der Waals surface area contributed by atoms with Gasteiger partial charge in [-0.3, -0.25) is 9.78 Å². The number of hydrogen-bond donors (Lipinski definition) is 2. The number of carbonyl (C=O) groups excluding carboxylic acids is 1. The van der Waals surface area contributed by atoms with Crippen LogP contribution in [0.25, 0.3) is 0 Å². The van der Waals surface area contributed by atoms with Crippen LogP contribution in [0.15, 0.2) is 18.3 Å². The second-order valence-corrected chi connectivity index (χ2v) is 4.89. The summed E-state index contributed by atoms with van der Waals surface area (Å²) < 4.78 is 0. The Bertz CT molecular complexity index is 474. The Morgan fingerprint density at radius 3 is 2.75 bits per heavy atom. The molecule has 0 unspecified atom stereocenters. The molecular formula is C14H21N3O3. The number of aromatic carboxylic acids is 1. The largest absolute Gasteiger partial charge is 0.478 e. The Labute approximate surface area is 118 Å². The van der Waals surface area contributed by atoms with E-state index in [2.05, 4.69) is 29.0 Å². The molecule has 110 valence electrons. The molecule has 0 aliphatic rings. The van der Waals surface area contributed by atoms with Gasteiger partial charge < -0.3 is 15.3 Å². The van der Waals surface area contributed by atoms with Crippen LogP contribution in [0.1, 0.15) is 41.1 Å². The third kappa shape index (κ3) is 4.62. The zero-order chi connectivity index (χ0) is 15.1. The van der Waals surface area contributed by atoms with Crippen molar-refractivity contribution in [3.63, 3.8) is 0 Å². The van der Waals surface area contributed by atoms with Crippen LogP contribution in [0.4, 0.5) is 0 Å². The van der Waals surface area contributed by atoms with Crippen LogP contribution in [-0.4, -0.2) is 53.0 Å². The van der Waals surface area contributed by atoms with Crippen molar-refractivity contribution >= 4 is 11.9 Å². The summed E-state index contributed by atoms with van der Waals surface area (Å²) in [5.74, 6) is -1.60. The van der Waals surface area contributed by atoms with Gasteiger partial charge in [-0.1, -0.05) is 0 Å². The molecule has 0 aliphatic heterocycles. The lowest BCUT2D eigenvalue weighted by Crippen LogP contribution is -2.32. The van der Waals surface area contributed by atoms with Gasteiger partial charge in [0.15, 0.2) is 0 Å². The fraction of sp³-hybridized carbons (Fsp3) is 0.500. The van der Waals surface area contributed by atoms with Gasteiger partial charge >= 0.3 is 5.97 Å². The Morgan fingerprint density at radius 1 is 1.45 bits per heavy atom. The average molecular weight is 279 g/mol. The highest BCUT2D eigenvalue weighted by atomic mass is 16.4. The minimum atomic E-state index is -1.15. The Morgan fingerprint density at radius 2 is 2.15 bits per heavy atom. The van der Waals surface area contributed by atoms with E-state index >= 15 is 0 Å². The first-order chi connectivity index (χ1) is 9.43. The van der Waals surface area contributed by atoms with Gasteiger partial charge in [-0.2, -0.15) is 0 Å². The summed E-state index contributed by atoms with van der Waals surface area (Å²) in [6, 6.07) is 3.33. The monoisotopic (exact) mass is 279 g/mol. The normalized spacial score (nSPS) is 10.8. The van der Waals surface area contributed by atoms with Gasteiger partial charge in [0.05, 0.1) is 5.56 Å².